The highest BCUT2D eigenvalue weighted by Gasteiger charge is 2.74. The number of fused-ring (bicyclic) bond motifs is 14. The van der Waals surface area contributed by atoms with Gasteiger partial charge in [-0.2, -0.15) is 0 Å². The first-order valence-electron chi connectivity index (χ1n) is 41.0. The lowest BCUT2D eigenvalue weighted by Crippen LogP contribution is -2.66. The molecular formula is C92H124Cl2N2O12. The van der Waals surface area contributed by atoms with Crippen LogP contribution in [0.1, 0.15) is 286 Å². The van der Waals surface area contributed by atoms with Gasteiger partial charge in [-0.25, -0.2) is 9.97 Å². The number of esters is 3. The lowest BCUT2D eigenvalue weighted by atomic mass is 9.33. The van der Waals surface area contributed by atoms with Crippen molar-refractivity contribution in [3.8, 4) is 22.6 Å². The van der Waals surface area contributed by atoms with Crippen molar-refractivity contribution in [2.45, 2.75) is 302 Å². The predicted octanol–water partition coefficient (Wildman–Crippen LogP) is 22.5. The molecule has 0 saturated heterocycles. The van der Waals surface area contributed by atoms with E-state index in [0.29, 0.717) is 69.9 Å². The number of hydrogen-bond acceptors (Lipinski definition) is 13. The molecule has 0 radical (unpaired) electrons. The van der Waals surface area contributed by atoms with Gasteiger partial charge in [0.05, 0.1) is 46.9 Å². The molecule has 2 aromatic carbocycles. The highest BCUT2D eigenvalue weighted by Crippen LogP contribution is 2.79. The number of carbonyl (C=O) groups is 6. The number of nitrogens with zero attached hydrogens (tertiary/aromatic N) is 2. The minimum Gasteiger partial charge on any atom is -0.481 e. The molecule has 0 spiro atoms. The average Bonchev–Trinajstić information content (AvgIpc) is 1.34. The number of carbonyl (C=O) groups excluding carboxylic acids is 5. The molecule has 4 aromatic rings. The molecule has 1 N–H and O–H groups in total. The second-order valence-corrected chi connectivity index (χ2v) is 42.1. The Morgan fingerprint density at radius 3 is 1.21 bits per heavy atom. The molecule has 14 nitrogen and oxygen atoms in total. The Bertz CT molecular complexity index is 4290. The van der Waals surface area contributed by atoms with Crippen LogP contribution in [0.15, 0.2) is 92.1 Å². The van der Waals surface area contributed by atoms with Gasteiger partial charge in [0.2, 0.25) is 11.8 Å². The molecule has 10 aliphatic carbocycles. The van der Waals surface area contributed by atoms with Crippen molar-refractivity contribution in [3.63, 3.8) is 0 Å². The molecule has 16 heteroatoms. The summed E-state index contributed by atoms with van der Waals surface area (Å²) in [6.45, 7) is 45.5. The first-order valence-corrected chi connectivity index (χ1v) is 41.7. The van der Waals surface area contributed by atoms with Crippen molar-refractivity contribution < 1.29 is 56.9 Å². The Hall–Kier alpha value is -5.86. The lowest BCUT2D eigenvalue weighted by Gasteiger charge is -2.72. The number of hydrogen-bond donors (Lipinski definition) is 1. The monoisotopic (exact) mass is 1520 g/mol. The topological polar surface area (TPSA) is 202 Å². The van der Waals surface area contributed by atoms with E-state index in [2.05, 4.69) is 96.9 Å². The maximum absolute atomic E-state index is 14.2. The summed E-state index contributed by atoms with van der Waals surface area (Å²) < 4.78 is 31.5. The highest BCUT2D eigenvalue weighted by atomic mass is 35.5. The van der Waals surface area contributed by atoms with Crippen molar-refractivity contribution in [2.24, 2.45) is 101 Å². The van der Waals surface area contributed by atoms with E-state index in [1.54, 1.807) is 27.7 Å². The highest BCUT2D eigenvalue weighted by molar-refractivity contribution is 6.31. The van der Waals surface area contributed by atoms with Crippen LogP contribution in [-0.4, -0.2) is 68.3 Å². The zero-order valence-corrected chi connectivity index (χ0v) is 70.3. The van der Waals surface area contributed by atoms with Crippen LogP contribution in [0.25, 0.3) is 22.6 Å². The fraction of sp³-hybridized carbons (Fsp3) is 0.696. The average molecular weight is 1520 g/mol. The molecule has 8 fully saturated rings. The summed E-state index contributed by atoms with van der Waals surface area (Å²) in [4.78, 5) is 89.6. The summed E-state index contributed by atoms with van der Waals surface area (Å²) in [5, 5.41) is 11.0. The van der Waals surface area contributed by atoms with Gasteiger partial charge in [-0.3, -0.25) is 28.8 Å². The molecule has 588 valence electrons. The third-order valence-electron chi connectivity index (χ3n) is 32.1. The molecule has 0 amide bonds. The Kier molecular flexibility index (Phi) is 20.2. The van der Waals surface area contributed by atoms with Crippen LogP contribution in [0.5, 0.6) is 0 Å². The van der Waals surface area contributed by atoms with Gasteiger partial charge in [-0.15, -0.1) is 0 Å². The van der Waals surface area contributed by atoms with Crippen molar-refractivity contribution in [1.29, 1.82) is 0 Å². The number of oxazole rings is 2. The van der Waals surface area contributed by atoms with Crippen LogP contribution in [0.2, 0.25) is 10.0 Å². The van der Waals surface area contributed by atoms with Crippen LogP contribution in [-0.2, 0) is 53.8 Å². The van der Waals surface area contributed by atoms with Crippen molar-refractivity contribution in [2.75, 3.05) is 0 Å². The molecule has 108 heavy (non-hydrogen) atoms. The van der Waals surface area contributed by atoms with Gasteiger partial charge in [-0.1, -0.05) is 120 Å². The van der Waals surface area contributed by atoms with E-state index in [1.807, 2.05) is 81.7 Å². The Labute approximate surface area is 653 Å². The third kappa shape index (κ3) is 12.6. The van der Waals surface area contributed by atoms with Gasteiger partial charge in [0.1, 0.15) is 17.8 Å². The van der Waals surface area contributed by atoms with Crippen LogP contribution < -0.4 is 0 Å². The molecule has 16 atom stereocenters. The SMILES string of the molecule is CC(C)C1=C2[C@H]3CC[C@@H]4[C@@]5(C)CC[C@H](OC(=O)CC(C)(C)C(=O)O)C(C)(C)[C@@H]5CC[C@@]4(C)[C@]3(C)CC[C@@]2(c2ncc(-c3ccc(Cl)cc3)o2)CC1=O.CC(C)C1=C2[C@H]3CC[C@@H]4[C@@]5(C)CC[C@H](OC(=O)CC(C)(C)C(=O)OC(C)(C)C)C(C)(C)[C@@H]5CC[C@@]4(C)[C@]3(C)CC[C@@]2(c2ncc(-c3ccc(Cl)cc3)o2)CC1=O. The summed E-state index contributed by atoms with van der Waals surface area (Å²) in [5.74, 6) is 3.73. The summed E-state index contributed by atoms with van der Waals surface area (Å²) in [6, 6.07) is 15.3. The Morgan fingerprint density at radius 1 is 0.491 bits per heavy atom. The fourth-order valence-electron chi connectivity index (χ4n) is 26.3. The summed E-state index contributed by atoms with van der Waals surface area (Å²) >= 11 is 12.4. The van der Waals surface area contributed by atoms with E-state index in [4.69, 9.17) is 56.2 Å². The smallest absolute Gasteiger partial charge is 0.312 e. The number of aliphatic carboxylic acids is 1. The normalized spacial score (nSPS) is 36.1. The van der Waals surface area contributed by atoms with Gasteiger partial charge in [0.15, 0.2) is 23.1 Å². The number of benzene rings is 2. The zero-order valence-electron chi connectivity index (χ0n) is 68.8. The fourth-order valence-corrected chi connectivity index (χ4v) is 26.6. The summed E-state index contributed by atoms with van der Waals surface area (Å²) in [7, 11) is 0. The van der Waals surface area contributed by atoms with E-state index in [9.17, 15) is 33.9 Å². The second-order valence-electron chi connectivity index (χ2n) is 41.2. The summed E-state index contributed by atoms with van der Waals surface area (Å²) in [5.41, 5.74) is 2.54. The number of carboxylic acid groups (broad SMARTS) is 1. The molecule has 0 bridgehead atoms. The molecule has 0 unspecified atom stereocenters. The molecule has 2 aromatic heterocycles. The minimum absolute atomic E-state index is 0.000203. The molecule has 0 aliphatic heterocycles. The van der Waals surface area contributed by atoms with Crippen LogP contribution in [0.3, 0.4) is 0 Å². The molecular weight excluding hydrogens is 1400 g/mol. The first kappa shape index (κ1) is 80.2. The Morgan fingerprint density at radius 2 is 0.861 bits per heavy atom. The number of rotatable bonds is 14. The van der Waals surface area contributed by atoms with E-state index in [1.165, 1.54) is 11.1 Å². The summed E-state index contributed by atoms with van der Waals surface area (Å²) in [6.07, 6.45) is 19.8. The van der Waals surface area contributed by atoms with E-state index >= 15 is 0 Å². The van der Waals surface area contributed by atoms with Gasteiger partial charge in [0, 0.05) is 44.8 Å². The van der Waals surface area contributed by atoms with Crippen LogP contribution >= 0.6 is 23.2 Å². The Balaban J connectivity index is 0.000000191. The number of aromatic nitrogens is 2. The van der Waals surface area contributed by atoms with E-state index < -0.39 is 39.2 Å². The molecule has 14 rings (SSSR count). The van der Waals surface area contributed by atoms with Crippen molar-refractivity contribution in [1.82, 2.24) is 9.97 Å². The number of allylic oxidation sites excluding steroid dienone is 4. The predicted molar refractivity (Wildman–Crippen MR) is 421 cm³/mol. The molecule has 2 heterocycles. The number of Topliss-reactive ketones (excluding diaryl/α,β-unsaturated/α-hetero) is 2. The number of ether oxygens (including phenoxy) is 3. The van der Waals surface area contributed by atoms with E-state index in [0.717, 1.165) is 125 Å². The van der Waals surface area contributed by atoms with Gasteiger partial charge < -0.3 is 28.2 Å². The number of ketones is 2. The zero-order chi connectivity index (χ0) is 78.8. The van der Waals surface area contributed by atoms with E-state index in [-0.39, 0.29) is 116 Å². The van der Waals surface area contributed by atoms with Crippen molar-refractivity contribution in [3.05, 3.63) is 105 Å². The van der Waals surface area contributed by atoms with Gasteiger partial charge in [-0.05, 0) is 302 Å². The van der Waals surface area contributed by atoms with Crippen LogP contribution in [0, 0.1) is 101 Å². The second kappa shape index (κ2) is 27.2. The maximum Gasteiger partial charge on any atom is 0.312 e. The van der Waals surface area contributed by atoms with Crippen LogP contribution in [0.4, 0.5) is 0 Å². The standard InChI is InChI=1S/C48H66ClNO6.C44H58ClNO6/c1-28(2)38-32(51)25-48(40-50-27-33(54-40)29-13-15-30(49)16-14-29)24-23-46(11)31(39(38)48)17-18-35-45(10)21-20-36(44(8,9)34(45)19-22-47(35,46)12)55-37(52)26-43(6,7)41(53)56-42(3,4)5;1-25(2)35-29(47)22-44(37-46-24-30(51-37)26-10-12-27(45)13-11-26)21-20-42(8)28(36(35)44)14-15-32-41(7)18-17-33(52-34(48)23-39(3,4)38(49)50)40(5,6)31(41)16-19-43(32,42)9/h13-16,27-28,31,34-36H,17-26H2,1-12H3;10-13,24-25,28,31-33H,14-23H2,1-9H3,(H,49,50)/t31-,34+,35-,36+,45+,46-,47-,48-;28-,31+,32-,33+,41+,42-,43-,44-/m11/s1. The lowest BCUT2D eigenvalue weighted by molar-refractivity contribution is -0.232. The molecule has 8 saturated carbocycles. The maximum atomic E-state index is 14.2. The number of halogens is 2. The van der Waals surface area contributed by atoms with Gasteiger partial charge >= 0.3 is 23.9 Å². The molecule has 10 aliphatic rings. The number of carboxylic acids is 1. The first-order chi connectivity index (χ1) is 50.1. The largest absolute Gasteiger partial charge is 0.481 e. The minimum atomic E-state index is -1.16. The van der Waals surface area contributed by atoms with Gasteiger partial charge in [0.25, 0.3) is 0 Å². The van der Waals surface area contributed by atoms with Crippen molar-refractivity contribution >= 4 is 58.6 Å². The quantitative estimate of drug-likeness (QED) is 0.0922. The third-order valence-corrected chi connectivity index (χ3v) is 32.6.